The smallest absolute Gasteiger partial charge is 0.262 e. The van der Waals surface area contributed by atoms with Gasteiger partial charge in [0.25, 0.3) is 11.8 Å². The van der Waals surface area contributed by atoms with Gasteiger partial charge in [-0.15, -0.1) is 0 Å². The highest BCUT2D eigenvalue weighted by molar-refractivity contribution is 6.23. The average molecular weight is 443 g/mol. The summed E-state index contributed by atoms with van der Waals surface area (Å²) in [5.41, 5.74) is 2.30. The zero-order valence-electron chi connectivity index (χ0n) is 18.7. The van der Waals surface area contributed by atoms with Crippen LogP contribution in [-0.4, -0.2) is 28.7 Å². The summed E-state index contributed by atoms with van der Waals surface area (Å²) in [7, 11) is 0. The molecule has 168 valence electrons. The fourth-order valence-corrected chi connectivity index (χ4v) is 3.87. The van der Waals surface area contributed by atoms with Crippen molar-refractivity contribution in [2.75, 3.05) is 5.32 Å². The molecule has 3 aromatic rings. The average Bonchev–Trinajstić information content (AvgIpc) is 3.07. The van der Waals surface area contributed by atoms with Crippen LogP contribution in [0.5, 0.6) is 5.75 Å². The molecule has 0 aliphatic carbocycles. The van der Waals surface area contributed by atoms with Crippen LogP contribution in [0, 0.1) is 5.92 Å². The molecule has 1 aliphatic heterocycles. The van der Waals surface area contributed by atoms with Gasteiger partial charge in [-0.1, -0.05) is 56.3 Å². The number of nitrogens with zero attached hydrogens (tertiary/aromatic N) is 1. The molecule has 0 unspecified atom stereocenters. The first-order chi connectivity index (χ1) is 15.9. The summed E-state index contributed by atoms with van der Waals surface area (Å²) in [6, 6.07) is 22.7. The number of anilines is 1. The second kappa shape index (κ2) is 9.69. The second-order valence-corrected chi connectivity index (χ2v) is 8.46. The Kier molecular flexibility index (Phi) is 6.54. The molecule has 33 heavy (non-hydrogen) atoms. The molecule has 4 rings (SSSR count). The van der Waals surface area contributed by atoms with Crippen molar-refractivity contribution in [3.63, 3.8) is 0 Å². The largest absolute Gasteiger partial charge is 0.489 e. The van der Waals surface area contributed by atoms with Gasteiger partial charge < -0.3 is 10.1 Å². The number of hydrogen-bond donors (Lipinski definition) is 1. The lowest BCUT2D eigenvalue weighted by Gasteiger charge is -2.26. The number of ether oxygens (including phenoxy) is 1. The molecule has 1 atom stereocenters. The fraction of sp³-hybridized carbons (Fsp3) is 0.222. The Hall–Kier alpha value is -3.93. The van der Waals surface area contributed by atoms with Gasteiger partial charge in [0.15, 0.2) is 0 Å². The molecule has 0 spiro atoms. The van der Waals surface area contributed by atoms with Crippen molar-refractivity contribution in [2.24, 2.45) is 5.92 Å². The highest BCUT2D eigenvalue weighted by atomic mass is 16.5. The minimum Gasteiger partial charge on any atom is -0.489 e. The van der Waals surface area contributed by atoms with Crippen LogP contribution in [-0.2, 0) is 11.4 Å². The molecule has 1 aliphatic rings. The minimum absolute atomic E-state index is 0.110. The number of amides is 3. The van der Waals surface area contributed by atoms with Gasteiger partial charge in [-0.25, -0.2) is 0 Å². The Morgan fingerprint density at radius 1 is 0.848 bits per heavy atom. The predicted octanol–water partition coefficient (Wildman–Crippen LogP) is 4.92. The Labute approximate surface area is 193 Å². The number of fused-ring (bicyclic) bond motifs is 1. The Bertz CT molecular complexity index is 1120. The molecule has 0 saturated carbocycles. The lowest BCUT2D eigenvalue weighted by Crippen LogP contribution is -2.47. The van der Waals surface area contributed by atoms with Crippen molar-refractivity contribution in [3.05, 3.63) is 95.6 Å². The quantitative estimate of drug-likeness (QED) is 0.503. The summed E-state index contributed by atoms with van der Waals surface area (Å²) in [5, 5.41) is 2.85. The van der Waals surface area contributed by atoms with Crippen LogP contribution in [0.25, 0.3) is 0 Å². The van der Waals surface area contributed by atoms with Gasteiger partial charge in [0.05, 0.1) is 11.1 Å². The van der Waals surface area contributed by atoms with E-state index in [4.69, 9.17) is 4.74 Å². The second-order valence-electron chi connectivity index (χ2n) is 8.46. The molecule has 0 saturated heterocycles. The molecule has 6 heteroatoms. The third-order valence-corrected chi connectivity index (χ3v) is 5.50. The fourth-order valence-electron chi connectivity index (χ4n) is 3.87. The van der Waals surface area contributed by atoms with E-state index in [1.807, 2.05) is 44.2 Å². The molecule has 3 amide bonds. The molecular weight excluding hydrogens is 416 g/mol. The number of hydrogen-bond acceptors (Lipinski definition) is 4. The van der Waals surface area contributed by atoms with Crippen LogP contribution < -0.4 is 10.1 Å². The zero-order valence-corrected chi connectivity index (χ0v) is 18.7. The molecule has 1 heterocycles. The molecule has 1 N–H and O–H groups in total. The maximum absolute atomic E-state index is 13.2. The minimum atomic E-state index is -0.897. The topological polar surface area (TPSA) is 75.7 Å². The van der Waals surface area contributed by atoms with E-state index in [9.17, 15) is 14.4 Å². The van der Waals surface area contributed by atoms with Crippen molar-refractivity contribution in [1.29, 1.82) is 0 Å². The number of benzene rings is 3. The summed E-state index contributed by atoms with van der Waals surface area (Å²) < 4.78 is 5.79. The van der Waals surface area contributed by atoms with E-state index in [1.54, 1.807) is 48.5 Å². The van der Waals surface area contributed by atoms with Gasteiger partial charge in [0.2, 0.25) is 5.91 Å². The van der Waals surface area contributed by atoms with Crippen LogP contribution in [0.1, 0.15) is 46.5 Å². The highest BCUT2D eigenvalue weighted by Gasteiger charge is 2.42. The maximum atomic E-state index is 13.2. The molecule has 6 nitrogen and oxygen atoms in total. The monoisotopic (exact) mass is 442 g/mol. The SMILES string of the molecule is CC(C)C[C@H](C(=O)Nc1ccc(OCc2ccccc2)cc1)N1C(=O)c2ccccc2C1=O. The van der Waals surface area contributed by atoms with Gasteiger partial charge in [-0.2, -0.15) is 0 Å². The summed E-state index contributed by atoms with van der Waals surface area (Å²) in [4.78, 5) is 40.1. The van der Waals surface area contributed by atoms with E-state index in [0.717, 1.165) is 10.5 Å². The molecule has 0 aromatic heterocycles. The normalized spacial score (nSPS) is 13.7. The van der Waals surface area contributed by atoms with Crippen molar-refractivity contribution in [3.8, 4) is 5.75 Å². The first-order valence-corrected chi connectivity index (χ1v) is 11.0. The van der Waals surface area contributed by atoms with Crippen LogP contribution >= 0.6 is 0 Å². The summed E-state index contributed by atoms with van der Waals surface area (Å²) in [6.07, 6.45) is 0.371. The first kappa shape index (κ1) is 22.3. The van der Waals surface area contributed by atoms with E-state index in [1.165, 1.54) is 0 Å². The standard InChI is InChI=1S/C27H26N2O4/c1-18(2)16-24(29-26(31)22-10-6-7-11-23(22)27(29)32)25(30)28-20-12-14-21(15-13-20)33-17-19-8-4-3-5-9-19/h3-15,18,24H,16-17H2,1-2H3,(H,28,30)/t24-/m1/s1. The van der Waals surface area contributed by atoms with Crippen molar-refractivity contribution < 1.29 is 19.1 Å². The van der Waals surface area contributed by atoms with Crippen LogP contribution in [0.15, 0.2) is 78.9 Å². The maximum Gasteiger partial charge on any atom is 0.262 e. The third kappa shape index (κ3) is 4.95. The Balaban J connectivity index is 1.46. The van der Waals surface area contributed by atoms with Gasteiger partial charge in [-0.3, -0.25) is 19.3 Å². The lowest BCUT2D eigenvalue weighted by atomic mass is 10.0. The zero-order chi connectivity index (χ0) is 23.4. The Morgan fingerprint density at radius 2 is 1.42 bits per heavy atom. The van der Waals surface area contributed by atoms with Crippen molar-refractivity contribution >= 4 is 23.4 Å². The Morgan fingerprint density at radius 3 is 2.00 bits per heavy atom. The molecule has 0 fully saturated rings. The number of imide groups is 1. The predicted molar refractivity (Wildman–Crippen MR) is 126 cm³/mol. The van der Waals surface area contributed by atoms with Gasteiger partial charge in [0, 0.05) is 5.69 Å². The number of nitrogens with one attached hydrogen (secondary N) is 1. The van der Waals surface area contributed by atoms with Crippen LogP contribution in [0.4, 0.5) is 5.69 Å². The number of carbonyl (C=O) groups is 3. The number of carbonyl (C=O) groups excluding carboxylic acids is 3. The number of rotatable bonds is 8. The van der Waals surface area contributed by atoms with Crippen molar-refractivity contribution in [2.45, 2.75) is 32.9 Å². The van der Waals surface area contributed by atoms with E-state index in [2.05, 4.69) is 5.32 Å². The third-order valence-electron chi connectivity index (χ3n) is 5.50. The summed E-state index contributed by atoms with van der Waals surface area (Å²) in [5.74, 6) is -0.465. The van der Waals surface area contributed by atoms with Gasteiger partial charge >= 0.3 is 0 Å². The van der Waals surface area contributed by atoms with Crippen molar-refractivity contribution in [1.82, 2.24) is 4.90 Å². The van der Waals surface area contributed by atoms with Crippen LogP contribution in [0.3, 0.4) is 0 Å². The molecule has 3 aromatic carbocycles. The molecule has 0 bridgehead atoms. The van der Waals surface area contributed by atoms with E-state index in [0.29, 0.717) is 35.6 Å². The van der Waals surface area contributed by atoms with E-state index in [-0.39, 0.29) is 5.92 Å². The molecular formula is C27H26N2O4. The van der Waals surface area contributed by atoms with Gasteiger partial charge in [-0.05, 0) is 54.3 Å². The van der Waals surface area contributed by atoms with E-state index < -0.39 is 23.8 Å². The first-order valence-electron chi connectivity index (χ1n) is 11.0. The van der Waals surface area contributed by atoms with Gasteiger partial charge in [0.1, 0.15) is 18.4 Å². The lowest BCUT2D eigenvalue weighted by molar-refractivity contribution is -0.120. The highest BCUT2D eigenvalue weighted by Crippen LogP contribution is 2.28. The van der Waals surface area contributed by atoms with Crippen LogP contribution in [0.2, 0.25) is 0 Å². The summed E-state index contributed by atoms with van der Waals surface area (Å²) in [6.45, 7) is 4.36. The molecule has 0 radical (unpaired) electrons. The van der Waals surface area contributed by atoms with E-state index >= 15 is 0 Å². The summed E-state index contributed by atoms with van der Waals surface area (Å²) >= 11 is 0.